The topological polar surface area (TPSA) is 63.7 Å². The fraction of sp³-hybridized carbons (Fsp3) is 0.562. The molecule has 0 aliphatic carbocycles. The Morgan fingerprint density at radius 1 is 1.36 bits per heavy atom. The van der Waals surface area contributed by atoms with Crippen molar-refractivity contribution < 1.29 is 17.9 Å². The highest BCUT2D eigenvalue weighted by Crippen LogP contribution is 2.24. The first-order valence-corrected chi connectivity index (χ1v) is 9.42. The van der Waals surface area contributed by atoms with E-state index in [4.69, 9.17) is 4.74 Å². The lowest BCUT2D eigenvalue weighted by Gasteiger charge is -2.27. The maximum Gasteiger partial charge on any atom is 0.254 e. The van der Waals surface area contributed by atoms with Crippen LogP contribution in [0.25, 0.3) is 0 Å². The van der Waals surface area contributed by atoms with Gasteiger partial charge in [-0.05, 0) is 43.5 Å². The average molecular weight is 325 g/mol. The zero-order valence-electron chi connectivity index (χ0n) is 13.3. The minimum atomic E-state index is -3.00. The molecule has 5 nitrogen and oxygen atoms in total. The third kappa shape index (κ3) is 3.43. The third-order valence-electron chi connectivity index (χ3n) is 4.16. The molecule has 0 saturated carbocycles. The molecule has 1 aromatic carbocycles. The summed E-state index contributed by atoms with van der Waals surface area (Å²) in [6.07, 6.45) is 1.30. The van der Waals surface area contributed by atoms with E-state index in [0.717, 1.165) is 17.7 Å². The van der Waals surface area contributed by atoms with Crippen molar-refractivity contribution in [2.75, 3.05) is 25.2 Å². The van der Waals surface area contributed by atoms with Gasteiger partial charge in [-0.1, -0.05) is 6.92 Å². The largest absolute Gasteiger partial charge is 0.496 e. The molecular formula is C16H23NO4S. The molecule has 0 spiro atoms. The predicted molar refractivity (Wildman–Crippen MR) is 86.1 cm³/mol. The number of nitrogens with zero attached hydrogens (tertiary/aromatic N) is 1. The van der Waals surface area contributed by atoms with Gasteiger partial charge in [-0.15, -0.1) is 0 Å². The molecule has 0 N–H and O–H groups in total. The van der Waals surface area contributed by atoms with Crippen molar-refractivity contribution in [3.63, 3.8) is 0 Å². The van der Waals surface area contributed by atoms with E-state index in [2.05, 4.69) is 0 Å². The van der Waals surface area contributed by atoms with Crippen LogP contribution in [-0.2, 0) is 16.3 Å². The Balaban J connectivity index is 2.25. The van der Waals surface area contributed by atoms with E-state index in [-0.39, 0.29) is 23.5 Å². The lowest BCUT2D eigenvalue weighted by atomic mass is 10.1. The predicted octanol–water partition coefficient (Wildman–Crippen LogP) is 1.91. The van der Waals surface area contributed by atoms with Crippen LogP contribution in [-0.4, -0.2) is 50.4 Å². The normalized spacial score (nSPS) is 19.9. The van der Waals surface area contributed by atoms with Crippen LogP contribution in [0.5, 0.6) is 5.75 Å². The number of amides is 1. The second kappa shape index (κ2) is 6.69. The van der Waals surface area contributed by atoms with E-state index in [1.165, 1.54) is 0 Å². The molecule has 122 valence electrons. The number of ether oxygens (including phenoxy) is 1. The number of sulfone groups is 1. The van der Waals surface area contributed by atoms with Gasteiger partial charge in [0.1, 0.15) is 5.75 Å². The first-order chi connectivity index (χ1) is 10.4. The van der Waals surface area contributed by atoms with Gasteiger partial charge in [0.2, 0.25) is 0 Å². The molecule has 1 aliphatic heterocycles. The average Bonchev–Trinajstić information content (AvgIpc) is 2.87. The van der Waals surface area contributed by atoms with Gasteiger partial charge in [0, 0.05) is 18.2 Å². The SMILES string of the molecule is CCc1cc(C(=O)N(CC)C2CCS(=O)(=O)C2)ccc1OC. The molecule has 1 atom stereocenters. The molecule has 1 heterocycles. The third-order valence-corrected chi connectivity index (χ3v) is 5.91. The summed E-state index contributed by atoms with van der Waals surface area (Å²) in [4.78, 5) is 14.4. The lowest BCUT2D eigenvalue weighted by molar-refractivity contribution is 0.0708. The Labute approximate surface area is 132 Å². The number of carbonyl (C=O) groups is 1. The molecule has 1 amide bonds. The fourth-order valence-corrected chi connectivity index (χ4v) is 4.67. The lowest BCUT2D eigenvalue weighted by Crippen LogP contribution is -2.41. The number of hydrogen-bond acceptors (Lipinski definition) is 4. The van der Waals surface area contributed by atoms with E-state index in [9.17, 15) is 13.2 Å². The van der Waals surface area contributed by atoms with Crippen LogP contribution < -0.4 is 4.74 Å². The molecule has 1 saturated heterocycles. The monoisotopic (exact) mass is 325 g/mol. The van der Waals surface area contributed by atoms with Crippen molar-refractivity contribution in [2.24, 2.45) is 0 Å². The van der Waals surface area contributed by atoms with Crippen LogP contribution in [0.2, 0.25) is 0 Å². The smallest absolute Gasteiger partial charge is 0.254 e. The molecule has 6 heteroatoms. The first kappa shape index (κ1) is 16.8. The van der Waals surface area contributed by atoms with Gasteiger partial charge in [0.25, 0.3) is 5.91 Å². The minimum absolute atomic E-state index is 0.0728. The maximum atomic E-state index is 12.7. The minimum Gasteiger partial charge on any atom is -0.496 e. The Morgan fingerprint density at radius 2 is 2.09 bits per heavy atom. The molecule has 2 rings (SSSR count). The summed E-state index contributed by atoms with van der Waals surface area (Å²) < 4.78 is 28.6. The molecule has 1 unspecified atom stereocenters. The molecule has 1 aromatic rings. The molecule has 1 fully saturated rings. The van der Waals surface area contributed by atoms with Crippen LogP contribution in [0.15, 0.2) is 18.2 Å². The van der Waals surface area contributed by atoms with Crippen LogP contribution in [0.4, 0.5) is 0 Å². The van der Waals surface area contributed by atoms with E-state index in [0.29, 0.717) is 18.5 Å². The summed E-state index contributed by atoms with van der Waals surface area (Å²) in [7, 11) is -1.39. The van der Waals surface area contributed by atoms with Crippen LogP contribution >= 0.6 is 0 Å². The maximum absolute atomic E-state index is 12.7. The van der Waals surface area contributed by atoms with Crippen molar-refractivity contribution in [3.8, 4) is 5.75 Å². The van der Waals surface area contributed by atoms with Gasteiger partial charge in [-0.25, -0.2) is 8.42 Å². The quantitative estimate of drug-likeness (QED) is 0.829. The molecule has 1 aliphatic rings. The van der Waals surface area contributed by atoms with Gasteiger partial charge in [0.15, 0.2) is 9.84 Å². The molecule has 0 aromatic heterocycles. The summed E-state index contributed by atoms with van der Waals surface area (Å²) >= 11 is 0. The van der Waals surface area contributed by atoms with Crippen molar-refractivity contribution in [1.29, 1.82) is 0 Å². The first-order valence-electron chi connectivity index (χ1n) is 7.60. The zero-order valence-corrected chi connectivity index (χ0v) is 14.1. The van der Waals surface area contributed by atoms with Gasteiger partial charge >= 0.3 is 0 Å². The van der Waals surface area contributed by atoms with E-state index in [1.807, 2.05) is 19.9 Å². The second-order valence-corrected chi connectivity index (χ2v) is 7.76. The zero-order chi connectivity index (χ0) is 16.3. The van der Waals surface area contributed by atoms with Gasteiger partial charge < -0.3 is 9.64 Å². The van der Waals surface area contributed by atoms with Gasteiger partial charge in [0.05, 0.1) is 18.6 Å². The molecule has 0 bridgehead atoms. The summed E-state index contributed by atoms with van der Waals surface area (Å²) in [6, 6.07) is 5.17. The van der Waals surface area contributed by atoms with E-state index < -0.39 is 9.84 Å². The van der Waals surface area contributed by atoms with E-state index >= 15 is 0 Å². The number of benzene rings is 1. The van der Waals surface area contributed by atoms with Crippen LogP contribution in [0.3, 0.4) is 0 Å². The second-order valence-electron chi connectivity index (χ2n) is 5.53. The summed E-state index contributed by atoms with van der Waals surface area (Å²) in [5.41, 5.74) is 1.56. The number of methoxy groups -OCH3 is 1. The highest BCUT2D eigenvalue weighted by molar-refractivity contribution is 7.91. The van der Waals surface area contributed by atoms with E-state index in [1.54, 1.807) is 24.1 Å². The van der Waals surface area contributed by atoms with Crippen molar-refractivity contribution in [1.82, 2.24) is 4.90 Å². The van der Waals surface area contributed by atoms with Crippen LogP contribution in [0, 0.1) is 0 Å². The van der Waals surface area contributed by atoms with Crippen molar-refractivity contribution in [3.05, 3.63) is 29.3 Å². The summed E-state index contributed by atoms with van der Waals surface area (Å²) in [5, 5.41) is 0. The van der Waals surface area contributed by atoms with Crippen molar-refractivity contribution >= 4 is 15.7 Å². The van der Waals surface area contributed by atoms with Gasteiger partial charge in [-0.3, -0.25) is 4.79 Å². The Hall–Kier alpha value is -1.56. The standard InChI is InChI=1S/C16H23NO4S/c1-4-12-10-13(6-7-15(12)21-3)16(18)17(5-2)14-8-9-22(19,20)11-14/h6-7,10,14H,4-5,8-9,11H2,1-3H3. The number of aryl methyl sites for hydroxylation is 1. The van der Waals surface area contributed by atoms with Crippen LogP contribution in [0.1, 0.15) is 36.2 Å². The Kier molecular flexibility index (Phi) is 5.11. The molecule has 0 radical (unpaired) electrons. The summed E-state index contributed by atoms with van der Waals surface area (Å²) in [5.74, 6) is 0.903. The number of rotatable bonds is 5. The highest BCUT2D eigenvalue weighted by Gasteiger charge is 2.34. The molecule has 22 heavy (non-hydrogen) atoms. The van der Waals surface area contributed by atoms with Crippen molar-refractivity contribution in [2.45, 2.75) is 32.7 Å². The fourth-order valence-electron chi connectivity index (χ4n) is 2.94. The highest BCUT2D eigenvalue weighted by atomic mass is 32.2. The Morgan fingerprint density at radius 3 is 2.59 bits per heavy atom. The summed E-state index contributed by atoms with van der Waals surface area (Å²) in [6.45, 7) is 4.40. The van der Waals surface area contributed by atoms with Gasteiger partial charge in [-0.2, -0.15) is 0 Å². The number of hydrogen-bond donors (Lipinski definition) is 0. The Bertz CT molecular complexity index is 654. The molecular weight excluding hydrogens is 302 g/mol. The number of carbonyl (C=O) groups excluding carboxylic acids is 1.